The van der Waals surface area contributed by atoms with Gasteiger partial charge in [0, 0.05) is 30.3 Å². The third kappa shape index (κ3) is 4.29. The molecule has 2 rings (SSSR count). The first kappa shape index (κ1) is 15.5. The molecule has 0 aromatic heterocycles. The third-order valence-electron chi connectivity index (χ3n) is 4.00. The number of hydrogen-bond acceptors (Lipinski definition) is 3. The van der Waals surface area contributed by atoms with Crippen LogP contribution < -0.4 is 16.4 Å². The minimum absolute atomic E-state index is 0.0894. The molecule has 0 heterocycles. The van der Waals surface area contributed by atoms with Crippen LogP contribution in [0.4, 0.5) is 5.69 Å². The van der Waals surface area contributed by atoms with Crippen LogP contribution in [0.3, 0.4) is 0 Å². The molecule has 21 heavy (non-hydrogen) atoms. The van der Waals surface area contributed by atoms with Gasteiger partial charge >= 0.3 is 0 Å². The number of hydrogen-bond donors (Lipinski definition) is 3. The monoisotopic (exact) mass is 289 g/mol. The van der Waals surface area contributed by atoms with E-state index in [-0.39, 0.29) is 17.4 Å². The van der Waals surface area contributed by atoms with Gasteiger partial charge in [-0.15, -0.1) is 0 Å². The molecule has 1 aromatic rings. The standard InChI is InChI=1S/C16H23N3O2/c1-18-15(21)12-6-5-7-13(10-12)19-14(20)11-16(17)8-3-2-4-9-16/h5-7,10H,2-4,8-9,11,17H2,1H3,(H,18,21)(H,19,20). The zero-order valence-corrected chi connectivity index (χ0v) is 12.4. The lowest BCUT2D eigenvalue weighted by Gasteiger charge is -2.32. The molecule has 2 amide bonds. The molecule has 5 nitrogen and oxygen atoms in total. The smallest absolute Gasteiger partial charge is 0.251 e. The molecule has 114 valence electrons. The number of benzene rings is 1. The van der Waals surface area contributed by atoms with E-state index in [2.05, 4.69) is 10.6 Å². The van der Waals surface area contributed by atoms with Crippen LogP contribution in [0.15, 0.2) is 24.3 Å². The molecule has 5 heteroatoms. The Morgan fingerprint density at radius 1 is 1.24 bits per heavy atom. The van der Waals surface area contributed by atoms with Gasteiger partial charge in [-0.25, -0.2) is 0 Å². The predicted molar refractivity (Wildman–Crippen MR) is 83.1 cm³/mol. The molecular formula is C16H23N3O2. The maximum atomic E-state index is 12.1. The van der Waals surface area contributed by atoms with E-state index in [0.29, 0.717) is 17.7 Å². The fourth-order valence-electron chi connectivity index (χ4n) is 2.84. The van der Waals surface area contributed by atoms with E-state index in [4.69, 9.17) is 5.73 Å². The average molecular weight is 289 g/mol. The van der Waals surface area contributed by atoms with E-state index in [1.807, 2.05) is 0 Å². The van der Waals surface area contributed by atoms with Gasteiger partial charge in [0.05, 0.1) is 0 Å². The Labute approximate surface area is 125 Å². The van der Waals surface area contributed by atoms with Gasteiger partial charge in [0.25, 0.3) is 5.91 Å². The van der Waals surface area contributed by atoms with Crippen molar-refractivity contribution in [2.75, 3.05) is 12.4 Å². The van der Waals surface area contributed by atoms with Crippen LogP contribution in [0.5, 0.6) is 0 Å². The number of nitrogens with two attached hydrogens (primary N) is 1. The second-order valence-corrected chi connectivity index (χ2v) is 5.81. The SMILES string of the molecule is CNC(=O)c1cccc(NC(=O)CC2(N)CCCCC2)c1. The zero-order chi connectivity index (χ0) is 15.3. The molecule has 0 atom stereocenters. The van der Waals surface area contributed by atoms with Gasteiger partial charge in [0.1, 0.15) is 0 Å². The predicted octanol–water partition coefficient (Wildman–Crippen LogP) is 2.04. The summed E-state index contributed by atoms with van der Waals surface area (Å²) < 4.78 is 0. The first-order valence-electron chi connectivity index (χ1n) is 7.43. The summed E-state index contributed by atoms with van der Waals surface area (Å²) in [5.74, 6) is -0.262. The van der Waals surface area contributed by atoms with Gasteiger partial charge in [-0.05, 0) is 31.0 Å². The van der Waals surface area contributed by atoms with Gasteiger partial charge < -0.3 is 16.4 Å². The summed E-state index contributed by atoms with van der Waals surface area (Å²) in [6.45, 7) is 0. The molecule has 1 aliphatic carbocycles. The molecule has 1 aromatic carbocycles. The lowest BCUT2D eigenvalue weighted by atomic mass is 9.80. The van der Waals surface area contributed by atoms with Crippen LogP contribution in [-0.2, 0) is 4.79 Å². The maximum absolute atomic E-state index is 12.1. The fourth-order valence-corrected chi connectivity index (χ4v) is 2.84. The molecular weight excluding hydrogens is 266 g/mol. The summed E-state index contributed by atoms with van der Waals surface area (Å²) in [5.41, 5.74) is 7.06. The normalized spacial score (nSPS) is 17.0. The number of carbonyl (C=O) groups is 2. The van der Waals surface area contributed by atoms with Gasteiger partial charge in [0.2, 0.25) is 5.91 Å². The molecule has 0 bridgehead atoms. The van der Waals surface area contributed by atoms with Crippen LogP contribution in [0.1, 0.15) is 48.9 Å². The van der Waals surface area contributed by atoms with Crippen molar-refractivity contribution in [2.45, 2.75) is 44.1 Å². The van der Waals surface area contributed by atoms with E-state index in [1.54, 1.807) is 31.3 Å². The first-order chi connectivity index (χ1) is 10.0. The highest BCUT2D eigenvalue weighted by molar-refractivity contribution is 5.97. The van der Waals surface area contributed by atoms with E-state index >= 15 is 0 Å². The largest absolute Gasteiger partial charge is 0.355 e. The highest BCUT2D eigenvalue weighted by Gasteiger charge is 2.29. The second kappa shape index (κ2) is 6.72. The van der Waals surface area contributed by atoms with Crippen molar-refractivity contribution in [3.05, 3.63) is 29.8 Å². The summed E-state index contributed by atoms with van der Waals surface area (Å²) in [6, 6.07) is 6.90. The molecule has 0 radical (unpaired) electrons. The topological polar surface area (TPSA) is 84.2 Å². The molecule has 0 saturated heterocycles. The first-order valence-corrected chi connectivity index (χ1v) is 7.43. The maximum Gasteiger partial charge on any atom is 0.251 e. The van der Waals surface area contributed by atoms with Crippen LogP contribution in [-0.4, -0.2) is 24.4 Å². The summed E-state index contributed by atoms with van der Waals surface area (Å²) in [5, 5.41) is 5.40. The number of amides is 2. The highest BCUT2D eigenvalue weighted by atomic mass is 16.2. The Morgan fingerprint density at radius 2 is 1.95 bits per heavy atom. The second-order valence-electron chi connectivity index (χ2n) is 5.81. The number of carbonyl (C=O) groups excluding carboxylic acids is 2. The average Bonchev–Trinajstić information content (AvgIpc) is 2.46. The Kier molecular flexibility index (Phi) is 4.96. The Morgan fingerprint density at radius 3 is 2.62 bits per heavy atom. The van der Waals surface area contributed by atoms with Crippen molar-refractivity contribution in [1.29, 1.82) is 0 Å². The van der Waals surface area contributed by atoms with E-state index < -0.39 is 0 Å². The molecule has 1 aliphatic rings. The van der Waals surface area contributed by atoms with Crippen molar-refractivity contribution in [3.8, 4) is 0 Å². The lowest BCUT2D eigenvalue weighted by Crippen LogP contribution is -2.44. The molecule has 4 N–H and O–H groups in total. The van der Waals surface area contributed by atoms with Crippen LogP contribution in [0, 0.1) is 0 Å². The van der Waals surface area contributed by atoms with Crippen LogP contribution in [0.2, 0.25) is 0 Å². The van der Waals surface area contributed by atoms with Gasteiger partial charge in [-0.1, -0.05) is 25.3 Å². The van der Waals surface area contributed by atoms with Crippen LogP contribution in [0.25, 0.3) is 0 Å². The van der Waals surface area contributed by atoms with Gasteiger partial charge in [-0.2, -0.15) is 0 Å². The minimum Gasteiger partial charge on any atom is -0.355 e. The van der Waals surface area contributed by atoms with Gasteiger partial charge in [0.15, 0.2) is 0 Å². The number of nitrogens with one attached hydrogen (secondary N) is 2. The lowest BCUT2D eigenvalue weighted by molar-refractivity contribution is -0.117. The Bertz CT molecular complexity index is 522. The molecule has 1 fully saturated rings. The van der Waals surface area contributed by atoms with Crippen molar-refractivity contribution >= 4 is 17.5 Å². The van der Waals surface area contributed by atoms with E-state index in [9.17, 15) is 9.59 Å². The molecule has 0 unspecified atom stereocenters. The summed E-state index contributed by atoms with van der Waals surface area (Å²) in [4.78, 5) is 23.7. The zero-order valence-electron chi connectivity index (χ0n) is 12.4. The molecule has 0 aliphatic heterocycles. The summed E-state index contributed by atoms with van der Waals surface area (Å²) in [7, 11) is 1.58. The fraction of sp³-hybridized carbons (Fsp3) is 0.500. The van der Waals surface area contributed by atoms with Gasteiger partial charge in [-0.3, -0.25) is 9.59 Å². The van der Waals surface area contributed by atoms with E-state index in [1.165, 1.54) is 6.42 Å². The van der Waals surface area contributed by atoms with Crippen LogP contribution >= 0.6 is 0 Å². The third-order valence-corrected chi connectivity index (χ3v) is 4.00. The summed E-state index contributed by atoms with van der Waals surface area (Å²) >= 11 is 0. The van der Waals surface area contributed by atoms with Crippen molar-refractivity contribution in [2.24, 2.45) is 5.73 Å². The molecule has 1 saturated carbocycles. The van der Waals surface area contributed by atoms with Crippen molar-refractivity contribution in [3.63, 3.8) is 0 Å². The quantitative estimate of drug-likeness (QED) is 0.793. The van der Waals surface area contributed by atoms with Crippen molar-refractivity contribution in [1.82, 2.24) is 5.32 Å². The van der Waals surface area contributed by atoms with Crippen molar-refractivity contribution < 1.29 is 9.59 Å². The highest BCUT2D eigenvalue weighted by Crippen LogP contribution is 2.29. The summed E-state index contributed by atoms with van der Waals surface area (Å²) in [6.07, 6.45) is 5.52. The molecule has 0 spiro atoms. The number of anilines is 1. The Hall–Kier alpha value is -1.88. The number of rotatable bonds is 4. The van der Waals surface area contributed by atoms with E-state index in [0.717, 1.165) is 25.7 Å². The minimum atomic E-state index is -0.374. The Balaban J connectivity index is 1.97.